The third kappa shape index (κ3) is 9.31. The fraction of sp³-hybridized carbons (Fsp3) is 0.750. The summed E-state index contributed by atoms with van der Waals surface area (Å²) in [6.07, 6.45) is 1.46. The van der Waals surface area contributed by atoms with Gasteiger partial charge in [0.2, 0.25) is 0 Å². The van der Waals surface area contributed by atoms with Crippen molar-refractivity contribution in [3.8, 4) is 12.3 Å². The molecule has 0 aromatic carbocycles. The van der Waals surface area contributed by atoms with Crippen molar-refractivity contribution in [2.45, 2.75) is 25.4 Å². The quantitative estimate of drug-likeness (QED) is 0.502. The molecule has 0 aliphatic heterocycles. The summed E-state index contributed by atoms with van der Waals surface area (Å²) in [6, 6.07) is 0. The topological polar surface area (TPSA) is 12.0 Å². The number of terminal acetylenes is 1. The molecule has 0 rings (SSSR count). The average Bonchev–Trinajstić information content (AvgIpc) is 1.94. The summed E-state index contributed by atoms with van der Waals surface area (Å²) in [4.78, 5) is 0. The Hall–Kier alpha value is -0.690. The van der Waals surface area contributed by atoms with Gasteiger partial charge in [0.15, 0.2) is 0 Å². The average molecular weight is 179 g/mol. The highest BCUT2D eigenvalue weighted by Crippen LogP contribution is 2.17. The van der Waals surface area contributed by atoms with E-state index in [1.807, 2.05) is 0 Å². The summed E-state index contributed by atoms with van der Waals surface area (Å²) < 4.78 is 34.7. The predicted octanol–water partition coefficient (Wildman–Crippen LogP) is 1.94. The molecule has 1 N–H and O–H groups in total. The van der Waals surface area contributed by atoms with Crippen molar-refractivity contribution < 1.29 is 13.2 Å². The van der Waals surface area contributed by atoms with Crippen LogP contribution in [0.25, 0.3) is 0 Å². The summed E-state index contributed by atoms with van der Waals surface area (Å²) in [7, 11) is 0. The van der Waals surface area contributed by atoms with Crippen molar-refractivity contribution in [1.29, 1.82) is 0 Å². The number of unbranched alkanes of at least 4 members (excludes halogenated alkanes) is 1. The molecule has 0 radical (unpaired) electrons. The lowest BCUT2D eigenvalue weighted by Crippen LogP contribution is -2.22. The maximum atomic E-state index is 11.6. The van der Waals surface area contributed by atoms with E-state index in [1.165, 1.54) is 0 Å². The van der Waals surface area contributed by atoms with Crippen LogP contribution >= 0.6 is 0 Å². The summed E-state index contributed by atoms with van der Waals surface area (Å²) >= 11 is 0. The largest absolute Gasteiger partial charge is 0.390 e. The van der Waals surface area contributed by atoms with Crippen molar-refractivity contribution >= 4 is 0 Å². The number of nitrogens with one attached hydrogen (secondary N) is 1. The van der Waals surface area contributed by atoms with Crippen LogP contribution < -0.4 is 5.32 Å². The molecule has 0 unspecified atom stereocenters. The molecule has 0 saturated carbocycles. The van der Waals surface area contributed by atoms with Gasteiger partial charge >= 0.3 is 6.18 Å². The van der Waals surface area contributed by atoms with E-state index >= 15 is 0 Å². The molecule has 0 fully saturated rings. The zero-order chi connectivity index (χ0) is 9.45. The molecule has 0 heterocycles. The predicted molar refractivity (Wildman–Crippen MR) is 41.6 cm³/mol. The molecule has 0 aromatic heterocycles. The third-order valence-corrected chi connectivity index (χ3v) is 1.26. The fourth-order valence-corrected chi connectivity index (χ4v) is 0.671. The molecule has 0 spiro atoms. The van der Waals surface area contributed by atoms with Gasteiger partial charge in [-0.15, -0.1) is 12.3 Å². The Kier molecular flexibility index (Phi) is 5.56. The lowest BCUT2D eigenvalue weighted by Gasteiger charge is -2.06. The molecule has 0 aliphatic carbocycles. The summed E-state index contributed by atoms with van der Waals surface area (Å²) in [5.74, 6) is 2.41. The summed E-state index contributed by atoms with van der Waals surface area (Å²) in [6.45, 7) is 0.536. The molecular formula is C8H12F3N. The van der Waals surface area contributed by atoms with Crippen LogP contribution in [-0.2, 0) is 0 Å². The molecule has 4 heteroatoms. The zero-order valence-electron chi connectivity index (χ0n) is 6.75. The van der Waals surface area contributed by atoms with E-state index in [4.69, 9.17) is 6.42 Å². The van der Waals surface area contributed by atoms with Crippen molar-refractivity contribution in [2.24, 2.45) is 0 Å². The minimum absolute atomic E-state index is 0.0198. The number of hydrogen-bond donors (Lipinski definition) is 1. The Morgan fingerprint density at radius 3 is 2.42 bits per heavy atom. The maximum absolute atomic E-state index is 11.6. The first-order valence-corrected chi connectivity index (χ1v) is 3.77. The monoisotopic (exact) mass is 179 g/mol. The second kappa shape index (κ2) is 5.90. The number of rotatable bonds is 5. The second-order valence-corrected chi connectivity index (χ2v) is 2.42. The molecule has 70 valence electrons. The number of halogens is 3. The molecule has 0 aliphatic rings. The third-order valence-electron chi connectivity index (χ3n) is 1.26. The van der Waals surface area contributed by atoms with Crippen molar-refractivity contribution in [3.05, 3.63) is 0 Å². The maximum Gasteiger partial charge on any atom is 0.390 e. The van der Waals surface area contributed by atoms with Gasteiger partial charge in [0.25, 0.3) is 0 Å². The van der Waals surface area contributed by atoms with E-state index in [2.05, 4.69) is 11.2 Å². The first-order valence-electron chi connectivity index (χ1n) is 3.77. The van der Waals surface area contributed by atoms with Gasteiger partial charge in [-0.25, -0.2) is 0 Å². The van der Waals surface area contributed by atoms with Gasteiger partial charge in [-0.3, -0.25) is 0 Å². The van der Waals surface area contributed by atoms with Gasteiger partial charge < -0.3 is 5.32 Å². The molecule has 0 aromatic rings. The first kappa shape index (κ1) is 11.3. The van der Waals surface area contributed by atoms with Gasteiger partial charge in [-0.05, 0) is 13.0 Å². The van der Waals surface area contributed by atoms with Gasteiger partial charge in [0.05, 0.1) is 6.42 Å². The van der Waals surface area contributed by atoms with Gasteiger partial charge in [-0.1, -0.05) is 0 Å². The van der Waals surface area contributed by atoms with Crippen LogP contribution in [0.2, 0.25) is 0 Å². The molecule has 0 amide bonds. The molecule has 0 atom stereocenters. The summed E-state index contributed by atoms with van der Waals surface area (Å²) in [5.41, 5.74) is 0. The molecule has 12 heavy (non-hydrogen) atoms. The highest BCUT2D eigenvalue weighted by Gasteiger charge is 2.25. The Labute approximate surface area is 70.3 Å². The van der Waals surface area contributed by atoms with E-state index in [9.17, 15) is 13.2 Å². The van der Waals surface area contributed by atoms with Crippen LogP contribution in [0.3, 0.4) is 0 Å². The van der Waals surface area contributed by atoms with Crippen LogP contribution in [0, 0.1) is 12.3 Å². The lowest BCUT2D eigenvalue weighted by atomic mass is 10.3. The van der Waals surface area contributed by atoms with Gasteiger partial charge in [-0.2, -0.15) is 13.2 Å². The van der Waals surface area contributed by atoms with Gasteiger partial charge in [0.1, 0.15) is 0 Å². The minimum atomic E-state index is -4.06. The second-order valence-electron chi connectivity index (χ2n) is 2.42. The minimum Gasteiger partial charge on any atom is -0.316 e. The number of alkyl halides is 3. The van der Waals surface area contributed by atoms with E-state index in [1.54, 1.807) is 0 Å². The Balaban J connectivity index is 3.07. The standard InChI is InChI=1S/C8H12F3N/c1-2-3-4-6-12-7-5-8(9,10)11/h1,12H,3-7H2. The van der Waals surface area contributed by atoms with E-state index in [0.29, 0.717) is 13.0 Å². The first-order chi connectivity index (χ1) is 5.56. The van der Waals surface area contributed by atoms with Crippen LogP contribution in [0.5, 0.6) is 0 Å². The fourth-order valence-electron chi connectivity index (χ4n) is 0.671. The summed E-state index contributed by atoms with van der Waals surface area (Å²) in [5, 5.41) is 2.66. The highest BCUT2D eigenvalue weighted by molar-refractivity contribution is 4.83. The van der Waals surface area contributed by atoms with E-state index in [0.717, 1.165) is 6.42 Å². The lowest BCUT2D eigenvalue weighted by molar-refractivity contribution is -0.133. The molecule has 1 nitrogen and oxygen atoms in total. The Bertz CT molecular complexity index is 145. The molecule has 0 bridgehead atoms. The highest BCUT2D eigenvalue weighted by atomic mass is 19.4. The number of hydrogen-bond acceptors (Lipinski definition) is 1. The van der Waals surface area contributed by atoms with E-state index in [-0.39, 0.29) is 6.54 Å². The van der Waals surface area contributed by atoms with E-state index < -0.39 is 12.6 Å². The van der Waals surface area contributed by atoms with Gasteiger partial charge in [0, 0.05) is 13.0 Å². The van der Waals surface area contributed by atoms with Crippen LogP contribution in [0.1, 0.15) is 19.3 Å². The van der Waals surface area contributed by atoms with Crippen LogP contribution in [-0.4, -0.2) is 19.3 Å². The molecule has 0 saturated heterocycles. The Morgan fingerprint density at radius 2 is 1.92 bits per heavy atom. The van der Waals surface area contributed by atoms with Crippen LogP contribution in [0.15, 0.2) is 0 Å². The van der Waals surface area contributed by atoms with Crippen molar-refractivity contribution in [3.63, 3.8) is 0 Å². The molecular weight excluding hydrogens is 167 g/mol. The van der Waals surface area contributed by atoms with Crippen LogP contribution in [0.4, 0.5) is 13.2 Å². The Morgan fingerprint density at radius 1 is 1.25 bits per heavy atom. The van der Waals surface area contributed by atoms with Crippen molar-refractivity contribution in [2.75, 3.05) is 13.1 Å². The normalized spacial score (nSPS) is 11.2. The smallest absolute Gasteiger partial charge is 0.316 e. The zero-order valence-corrected chi connectivity index (χ0v) is 6.75. The van der Waals surface area contributed by atoms with Crippen molar-refractivity contribution in [1.82, 2.24) is 5.32 Å². The SMILES string of the molecule is C#CCCCNCCC(F)(F)F.